The van der Waals surface area contributed by atoms with Crippen LogP contribution in [0.5, 0.6) is 11.5 Å². The maximum absolute atomic E-state index is 13.4. The molecule has 2 N–H and O–H groups in total. The predicted molar refractivity (Wildman–Crippen MR) is 162 cm³/mol. The van der Waals surface area contributed by atoms with Gasteiger partial charge in [0.1, 0.15) is 0 Å². The van der Waals surface area contributed by atoms with Crippen LogP contribution in [-0.2, 0) is 17.9 Å². The van der Waals surface area contributed by atoms with Crippen LogP contribution in [0.2, 0.25) is 0 Å². The zero-order valence-corrected chi connectivity index (χ0v) is 23.2. The molecule has 1 aliphatic rings. The molecule has 204 valence electrons. The van der Waals surface area contributed by atoms with Crippen LogP contribution < -0.4 is 20.1 Å². The number of rotatable bonds is 11. The number of nitrogens with one attached hydrogen (secondary N) is 2. The number of fused-ring (bicyclic) bond motifs is 1. The fourth-order valence-corrected chi connectivity index (χ4v) is 4.95. The molecule has 1 heterocycles. The number of amides is 1. The number of hydrogen-bond donors (Lipinski definition) is 2. The Morgan fingerprint density at radius 1 is 0.775 bits per heavy atom. The molecule has 0 saturated carbocycles. The van der Waals surface area contributed by atoms with Crippen LogP contribution in [0.4, 0.5) is 11.4 Å². The number of ether oxygens (including phenoxy) is 2. The van der Waals surface area contributed by atoms with Crippen LogP contribution in [0, 0.1) is 0 Å². The van der Waals surface area contributed by atoms with E-state index in [-0.39, 0.29) is 5.91 Å². The Labute approximate surface area is 236 Å². The second-order valence-corrected chi connectivity index (χ2v) is 9.76. The summed E-state index contributed by atoms with van der Waals surface area (Å²) in [4.78, 5) is 15.7. The maximum Gasteiger partial charge on any atom is 0.258 e. The zero-order chi connectivity index (χ0) is 27.9. The van der Waals surface area contributed by atoms with E-state index in [4.69, 9.17) is 9.47 Å². The third-order valence-electron chi connectivity index (χ3n) is 6.71. The zero-order valence-electron chi connectivity index (χ0n) is 23.2. The highest BCUT2D eigenvalue weighted by molar-refractivity contribution is 6.37. The van der Waals surface area contributed by atoms with Crippen LogP contribution in [0.25, 0.3) is 11.3 Å². The fourth-order valence-electron chi connectivity index (χ4n) is 4.95. The first-order valence-electron chi connectivity index (χ1n) is 13.7. The van der Waals surface area contributed by atoms with Gasteiger partial charge in [0.15, 0.2) is 11.5 Å². The quantitative estimate of drug-likeness (QED) is 0.202. The van der Waals surface area contributed by atoms with Gasteiger partial charge in [-0.15, -0.1) is 0 Å². The molecule has 4 aromatic rings. The lowest BCUT2D eigenvalue weighted by Crippen LogP contribution is -2.17. The highest BCUT2D eigenvalue weighted by Gasteiger charge is 2.30. The second-order valence-electron chi connectivity index (χ2n) is 9.76. The fraction of sp³-hybridized carbons (Fsp3) is 0.206. The number of hydrogen-bond acceptors (Lipinski definition) is 5. The molecule has 6 heteroatoms. The van der Waals surface area contributed by atoms with E-state index in [1.807, 2.05) is 62.4 Å². The minimum absolute atomic E-state index is 0.170. The highest BCUT2D eigenvalue weighted by atomic mass is 16.5. The minimum Gasteiger partial charge on any atom is -0.490 e. The van der Waals surface area contributed by atoms with Crippen molar-refractivity contribution in [3.63, 3.8) is 0 Å². The van der Waals surface area contributed by atoms with Gasteiger partial charge in [-0.25, -0.2) is 0 Å². The Kier molecular flexibility index (Phi) is 8.47. The normalized spacial score (nSPS) is 13.6. The SMILES string of the molecule is CCOc1cc2c(cc1OCC)/C(=C(/Nc1ccc(CN(C)Cc3ccccc3)cc1)c1ccccc1)C(=O)N2. The molecule has 0 bridgehead atoms. The minimum atomic E-state index is -0.170. The Balaban J connectivity index is 1.45. The predicted octanol–water partition coefficient (Wildman–Crippen LogP) is 7.05. The molecule has 1 amide bonds. The first kappa shape index (κ1) is 27.0. The molecule has 0 atom stereocenters. The molecular weight excluding hydrogens is 498 g/mol. The van der Waals surface area contributed by atoms with Crippen molar-refractivity contribution < 1.29 is 14.3 Å². The monoisotopic (exact) mass is 533 g/mol. The molecule has 0 spiro atoms. The van der Waals surface area contributed by atoms with Gasteiger partial charge in [-0.3, -0.25) is 9.69 Å². The standard InChI is InChI=1S/C34H35N3O3/c1-4-39-30-20-28-29(21-31(30)40-5-2)36-34(38)32(28)33(26-14-10-7-11-15-26)35-27-18-16-25(17-19-27)23-37(3)22-24-12-8-6-9-13-24/h6-21,35H,4-5,22-23H2,1-3H3,(H,36,38)/b33-32-. The van der Waals surface area contributed by atoms with E-state index in [1.165, 1.54) is 11.1 Å². The van der Waals surface area contributed by atoms with Crippen molar-refractivity contribution in [2.45, 2.75) is 26.9 Å². The summed E-state index contributed by atoms with van der Waals surface area (Å²) in [5, 5.41) is 6.58. The van der Waals surface area contributed by atoms with E-state index in [1.54, 1.807) is 0 Å². The Morgan fingerprint density at radius 2 is 1.35 bits per heavy atom. The van der Waals surface area contributed by atoms with Gasteiger partial charge in [-0.1, -0.05) is 72.8 Å². The Hall–Kier alpha value is -4.55. The maximum atomic E-state index is 13.4. The molecule has 0 aromatic heterocycles. The Bertz CT molecular complexity index is 1480. The lowest BCUT2D eigenvalue weighted by Gasteiger charge is -2.18. The number of benzene rings is 4. The molecule has 0 radical (unpaired) electrons. The second kappa shape index (κ2) is 12.5. The van der Waals surface area contributed by atoms with Crippen LogP contribution in [0.1, 0.15) is 36.1 Å². The Morgan fingerprint density at radius 3 is 1.98 bits per heavy atom. The van der Waals surface area contributed by atoms with Crippen molar-refractivity contribution in [2.75, 3.05) is 30.9 Å². The van der Waals surface area contributed by atoms with Crippen LogP contribution in [-0.4, -0.2) is 31.1 Å². The van der Waals surface area contributed by atoms with E-state index >= 15 is 0 Å². The van der Waals surface area contributed by atoms with Crippen molar-refractivity contribution >= 4 is 28.6 Å². The number of nitrogens with zero attached hydrogens (tertiary/aromatic N) is 1. The number of anilines is 2. The van der Waals surface area contributed by atoms with Crippen LogP contribution >= 0.6 is 0 Å². The van der Waals surface area contributed by atoms with Gasteiger partial charge < -0.3 is 20.1 Å². The molecule has 4 aromatic carbocycles. The molecule has 0 fully saturated rings. The molecule has 40 heavy (non-hydrogen) atoms. The molecule has 0 aliphatic carbocycles. The third kappa shape index (κ3) is 6.19. The summed E-state index contributed by atoms with van der Waals surface area (Å²) in [6.45, 7) is 6.58. The van der Waals surface area contributed by atoms with Gasteiger partial charge in [0.2, 0.25) is 0 Å². The van der Waals surface area contributed by atoms with Gasteiger partial charge in [0, 0.05) is 30.4 Å². The lowest BCUT2D eigenvalue weighted by molar-refractivity contribution is -0.110. The van der Waals surface area contributed by atoms with E-state index in [0.29, 0.717) is 36.0 Å². The molecule has 1 aliphatic heterocycles. The van der Waals surface area contributed by atoms with Crippen molar-refractivity contribution in [2.24, 2.45) is 0 Å². The lowest BCUT2D eigenvalue weighted by atomic mass is 9.99. The summed E-state index contributed by atoms with van der Waals surface area (Å²) in [7, 11) is 2.13. The molecular formula is C34H35N3O3. The summed E-state index contributed by atoms with van der Waals surface area (Å²) in [6, 6.07) is 32.5. The van der Waals surface area contributed by atoms with Gasteiger partial charge in [-0.2, -0.15) is 0 Å². The average Bonchev–Trinajstić information content (AvgIpc) is 3.28. The first-order valence-corrected chi connectivity index (χ1v) is 13.7. The smallest absolute Gasteiger partial charge is 0.258 e. The van der Waals surface area contributed by atoms with E-state index in [2.05, 4.69) is 71.1 Å². The summed E-state index contributed by atoms with van der Waals surface area (Å²) < 4.78 is 11.7. The van der Waals surface area contributed by atoms with Crippen molar-refractivity contribution in [1.29, 1.82) is 0 Å². The van der Waals surface area contributed by atoms with Gasteiger partial charge in [0.25, 0.3) is 5.91 Å². The summed E-state index contributed by atoms with van der Waals surface area (Å²) >= 11 is 0. The average molecular weight is 534 g/mol. The third-order valence-corrected chi connectivity index (χ3v) is 6.71. The van der Waals surface area contributed by atoms with Gasteiger partial charge in [0.05, 0.1) is 30.2 Å². The summed E-state index contributed by atoms with van der Waals surface area (Å²) in [5.41, 5.74) is 7.11. The van der Waals surface area contributed by atoms with E-state index < -0.39 is 0 Å². The first-order chi connectivity index (χ1) is 19.6. The summed E-state index contributed by atoms with van der Waals surface area (Å²) in [5.74, 6) is 1.07. The number of carbonyl (C=O) groups excluding carboxylic acids is 1. The molecule has 6 nitrogen and oxygen atoms in total. The summed E-state index contributed by atoms with van der Waals surface area (Å²) in [6.07, 6.45) is 0. The van der Waals surface area contributed by atoms with Gasteiger partial charge >= 0.3 is 0 Å². The van der Waals surface area contributed by atoms with Crippen LogP contribution in [0.3, 0.4) is 0 Å². The highest BCUT2D eigenvalue weighted by Crippen LogP contribution is 2.43. The topological polar surface area (TPSA) is 62.8 Å². The number of carbonyl (C=O) groups is 1. The van der Waals surface area contributed by atoms with Crippen molar-refractivity contribution in [1.82, 2.24) is 4.90 Å². The molecule has 0 saturated heterocycles. The van der Waals surface area contributed by atoms with Crippen molar-refractivity contribution in [3.8, 4) is 11.5 Å². The van der Waals surface area contributed by atoms with Crippen molar-refractivity contribution in [3.05, 3.63) is 119 Å². The van der Waals surface area contributed by atoms with Gasteiger partial charge in [-0.05, 0) is 55.8 Å². The largest absolute Gasteiger partial charge is 0.490 e. The molecule has 0 unspecified atom stereocenters. The van der Waals surface area contributed by atoms with Crippen LogP contribution in [0.15, 0.2) is 97.1 Å². The molecule has 5 rings (SSSR count). The van der Waals surface area contributed by atoms with E-state index in [0.717, 1.165) is 35.6 Å². The van der Waals surface area contributed by atoms with E-state index in [9.17, 15) is 4.79 Å².